The Labute approximate surface area is 91.6 Å². The molecule has 0 spiro atoms. The summed E-state index contributed by atoms with van der Waals surface area (Å²) >= 11 is 0. The molecule has 0 saturated heterocycles. The van der Waals surface area contributed by atoms with Crippen LogP contribution in [0.1, 0.15) is 20.7 Å². The highest BCUT2D eigenvalue weighted by molar-refractivity contribution is 6.07. The number of carbonyl (C=O) groups is 2. The molecule has 16 heavy (non-hydrogen) atoms. The summed E-state index contributed by atoms with van der Waals surface area (Å²) in [6.45, 7) is 0. The zero-order valence-electron chi connectivity index (χ0n) is 8.81. The minimum Gasteiger partial charge on any atom is -0.506 e. The maximum atomic E-state index is 11.4. The Balaban J connectivity index is 3.44. The third-order valence-electron chi connectivity index (χ3n) is 2.02. The molecule has 6 heteroatoms. The van der Waals surface area contributed by atoms with Crippen molar-refractivity contribution in [2.24, 2.45) is 0 Å². The molecule has 0 aromatic heterocycles. The molecule has 0 amide bonds. The number of carbonyl (C=O) groups excluding carboxylic acids is 2. The minimum atomic E-state index is -0.811. The quantitative estimate of drug-likeness (QED) is 0.433. The van der Waals surface area contributed by atoms with E-state index in [1.807, 2.05) is 0 Å². The second-order valence-electron chi connectivity index (χ2n) is 2.90. The topological polar surface area (TPSA) is 98.9 Å². The Morgan fingerprint density at radius 3 is 2.25 bits per heavy atom. The van der Waals surface area contributed by atoms with Crippen LogP contribution in [0.25, 0.3) is 0 Å². The molecule has 3 N–H and O–H groups in total. The predicted octanol–water partition coefficient (Wildman–Crippen LogP) is 0.548. The normalized spacial score (nSPS) is 9.62. The van der Waals surface area contributed by atoms with Crippen molar-refractivity contribution < 1.29 is 24.2 Å². The Morgan fingerprint density at radius 2 is 1.75 bits per heavy atom. The third-order valence-corrected chi connectivity index (χ3v) is 2.02. The molecule has 0 aliphatic heterocycles. The molecule has 1 aromatic carbocycles. The van der Waals surface area contributed by atoms with E-state index in [0.29, 0.717) is 0 Å². The van der Waals surface area contributed by atoms with Gasteiger partial charge in [-0.2, -0.15) is 0 Å². The van der Waals surface area contributed by atoms with Gasteiger partial charge in [-0.1, -0.05) is 0 Å². The maximum Gasteiger partial charge on any atom is 0.340 e. The van der Waals surface area contributed by atoms with Crippen molar-refractivity contribution in [1.82, 2.24) is 0 Å². The van der Waals surface area contributed by atoms with Crippen molar-refractivity contribution in [3.05, 3.63) is 23.3 Å². The van der Waals surface area contributed by atoms with E-state index < -0.39 is 11.9 Å². The summed E-state index contributed by atoms with van der Waals surface area (Å²) in [6.07, 6.45) is 0. The lowest BCUT2D eigenvalue weighted by molar-refractivity contribution is 0.0556. The number of rotatable bonds is 2. The molecule has 1 rings (SSSR count). The molecule has 0 fully saturated rings. The molecule has 6 nitrogen and oxygen atoms in total. The van der Waals surface area contributed by atoms with Crippen LogP contribution in [0.4, 0.5) is 5.69 Å². The van der Waals surface area contributed by atoms with Gasteiger partial charge < -0.3 is 20.3 Å². The lowest BCUT2D eigenvalue weighted by atomic mass is 10.0. The van der Waals surface area contributed by atoms with E-state index >= 15 is 0 Å². The van der Waals surface area contributed by atoms with Gasteiger partial charge in [-0.05, 0) is 12.1 Å². The largest absolute Gasteiger partial charge is 0.506 e. The van der Waals surface area contributed by atoms with Crippen molar-refractivity contribution in [2.45, 2.75) is 0 Å². The van der Waals surface area contributed by atoms with E-state index in [1.165, 1.54) is 19.2 Å². The van der Waals surface area contributed by atoms with Gasteiger partial charge in [0.15, 0.2) is 0 Å². The number of hydrogen-bond acceptors (Lipinski definition) is 6. The van der Waals surface area contributed by atoms with Crippen molar-refractivity contribution in [3.63, 3.8) is 0 Å². The van der Waals surface area contributed by atoms with Crippen LogP contribution in [-0.2, 0) is 9.47 Å². The molecule has 0 radical (unpaired) electrons. The molecule has 0 aliphatic carbocycles. The second kappa shape index (κ2) is 4.52. The molecule has 86 valence electrons. The molecular formula is C10H11NO5. The smallest absolute Gasteiger partial charge is 0.340 e. The Bertz CT molecular complexity index is 441. The Morgan fingerprint density at radius 1 is 1.19 bits per heavy atom. The number of nitrogen functional groups attached to an aromatic ring is 1. The average Bonchev–Trinajstić information content (AvgIpc) is 2.30. The van der Waals surface area contributed by atoms with Crippen molar-refractivity contribution in [3.8, 4) is 5.75 Å². The standard InChI is InChI=1S/C10H11NO5/c1-15-9(13)5-3-4-6(12)8(11)7(5)10(14)16-2/h3-4,12H,11H2,1-2H3. The van der Waals surface area contributed by atoms with Gasteiger partial charge in [-0.25, -0.2) is 9.59 Å². The number of aromatic hydroxyl groups is 1. The summed E-state index contributed by atoms with van der Waals surface area (Å²) in [5, 5.41) is 9.34. The van der Waals surface area contributed by atoms with Crippen LogP contribution >= 0.6 is 0 Å². The Kier molecular flexibility index (Phi) is 3.34. The van der Waals surface area contributed by atoms with E-state index in [9.17, 15) is 14.7 Å². The van der Waals surface area contributed by atoms with Crippen LogP contribution in [0.5, 0.6) is 5.75 Å². The highest BCUT2D eigenvalue weighted by Gasteiger charge is 2.23. The minimum absolute atomic E-state index is 0.0512. The van der Waals surface area contributed by atoms with Crippen LogP contribution < -0.4 is 5.73 Å². The van der Waals surface area contributed by atoms with Gasteiger partial charge in [0.05, 0.1) is 25.5 Å². The number of esters is 2. The molecule has 0 unspecified atom stereocenters. The predicted molar refractivity (Wildman–Crippen MR) is 55.2 cm³/mol. The maximum absolute atomic E-state index is 11.4. The number of nitrogens with two attached hydrogens (primary N) is 1. The van der Waals surface area contributed by atoms with Gasteiger partial charge in [0.25, 0.3) is 0 Å². The number of phenolic OH excluding ortho intramolecular Hbond substituents is 1. The Hall–Kier alpha value is -2.24. The average molecular weight is 225 g/mol. The monoisotopic (exact) mass is 225 g/mol. The fourth-order valence-corrected chi connectivity index (χ4v) is 1.21. The highest BCUT2D eigenvalue weighted by atomic mass is 16.5. The zero-order valence-corrected chi connectivity index (χ0v) is 8.81. The van der Waals surface area contributed by atoms with E-state index in [1.54, 1.807) is 0 Å². The molecule has 0 heterocycles. The van der Waals surface area contributed by atoms with Crippen LogP contribution in [0, 0.1) is 0 Å². The number of anilines is 1. The summed E-state index contributed by atoms with van der Waals surface area (Å²) in [5.74, 6) is -1.84. The first-order valence-corrected chi connectivity index (χ1v) is 4.31. The first kappa shape index (κ1) is 11.8. The van der Waals surface area contributed by atoms with Gasteiger partial charge in [-0.15, -0.1) is 0 Å². The van der Waals surface area contributed by atoms with E-state index in [0.717, 1.165) is 7.11 Å². The summed E-state index contributed by atoms with van der Waals surface area (Å²) in [7, 11) is 2.32. The summed E-state index contributed by atoms with van der Waals surface area (Å²) in [4.78, 5) is 22.8. The van der Waals surface area contributed by atoms with Crippen LogP contribution in [-0.4, -0.2) is 31.3 Å². The molecule has 1 aromatic rings. The van der Waals surface area contributed by atoms with Crippen LogP contribution in [0.2, 0.25) is 0 Å². The van der Waals surface area contributed by atoms with Gasteiger partial charge in [0.1, 0.15) is 11.3 Å². The second-order valence-corrected chi connectivity index (χ2v) is 2.90. The number of ether oxygens (including phenoxy) is 2. The fourth-order valence-electron chi connectivity index (χ4n) is 1.21. The lowest BCUT2D eigenvalue weighted by Gasteiger charge is -2.09. The van der Waals surface area contributed by atoms with Crippen molar-refractivity contribution in [2.75, 3.05) is 20.0 Å². The lowest BCUT2D eigenvalue weighted by Crippen LogP contribution is -2.14. The number of methoxy groups -OCH3 is 2. The zero-order chi connectivity index (χ0) is 12.3. The molecule has 0 aliphatic rings. The van der Waals surface area contributed by atoms with E-state index in [-0.39, 0.29) is 22.6 Å². The SMILES string of the molecule is COC(=O)c1ccc(O)c(N)c1C(=O)OC. The molecular weight excluding hydrogens is 214 g/mol. The summed E-state index contributed by atoms with van der Waals surface area (Å²) in [6, 6.07) is 2.44. The van der Waals surface area contributed by atoms with Gasteiger partial charge in [0, 0.05) is 0 Å². The summed E-state index contributed by atoms with van der Waals surface area (Å²) in [5.41, 5.74) is 5.03. The molecule has 0 atom stereocenters. The van der Waals surface area contributed by atoms with E-state index in [2.05, 4.69) is 9.47 Å². The van der Waals surface area contributed by atoms with Crippen molar-refractivity contribution >= 4 is 17.6 Å². The molecule has 0 bridgehead atoms. The number of hydrogen-bond donors (Lipinski definition) is 2. The van der Waals surface area contributed by atoms with Gasteiger partial charge >= 0.3 is 11.9 Å². The highest BCUT2D eigenvalue weighted by Crippen LogP contribution is 2.28. The number of benzene rings is 1. The van der Waals surface area contributed by atoms with Crippen LogP contribution in [0.3, 0.4) is 0 Å². The van der Waals surface area contributed by atoms with Gasteiger partial charge in [-0.3, -0.25) is 0 Å². The first-order valence-electron chi connectivity index (χ1n) is 4.31. The summed E-state index contributed by atoms with van der Waals surface area (Å²) < 4.78 is 8.95. The van der Waals surface area contributed by atoms with Crippen LogP contribution in [0.15, 0.2) is 12.1 Å². The fraction of sp³-hybridized carbons (Fsp3) is 0.200. The molecule has 0 saturated carbocycles. The van der Waals surface area contributed by atoms with Gasteiger partial charge in [0.2, 0.25) is 0 Å². The number of phenols is 1. The third kappa shape index (κ3) is 1.90. The van der Waals surface area contributed by atoms with Crippen molar-refractivity contribution in [1.29, 1.82) is 0 Å². The first-order chi connectivity index (χ1) is 7.52. The van der Waals surface area contributed by atoms with E-state index in [4.69, 9.17) is 5.73 Å².